The summed E-state index contributed by atoms with van der Waals surface area (Å²) in [7, 11) is 0. The number of imidazole rings is 1. The van der Waals surface area contributed by atoms with Crippen molar-refractivity contribution in [3.8, 4) is 0 Å². The van der Waals surface area contributed by atoms with E-state index in [1.165, 1.54) is 0 Å². The fraction of sp³-hybridized carbons (Fsp3) is 0.333. The van der Waals surface area contributed by atoms with Gasteiger partial charge in [-0.3, -0.25) is 4.79 Å². The van der Waals surface area contributed by atoms with E-state index in [4.69, 9.17) is 16.6 Å². The van der Waals surface area contributed by atoms with Crippen molar-refractivity contribution in [1.29, 1.82) is 0 Å². The maximum atomic E-state index is 12.4. The molecule has 1 fully saturated rings. The molecule has 3 aromatic rings. The highest BCUT2D eigenvalue weighted by atomic mass is 35.5. The summed E-state index contributed by atoms with van der Waals surface area (Å²) in [5.74, 6) is 1.16. The number of halogens is 1. The number of rotatable bonds is 4. The zero-order valence-electron chi connectivity index (χ0n) is 14.9. The molecule has 1 atom stereocenters. The lowest BCUT2D eigenvalue weighted by Gasteiger charge is -2.25. The Morgan fingerprint density at radius 2 is 1.96 bits per heavy atom. The lowest BCUT2D eigenvalue weighted by molar-refractivity contribution is -0.131. The minimum atomic E-state index is 0.0392. The summed E-state index contributed by atoms with van der Waals surface area (Å²) in [6.07, 6.45) is 2.50. The first-order chi connectivity index (χ1) is 12.7. The molecule has 1 unspecified atom stereocenters. The van der Waals surface area contributed by atoms with E-state index in [0.717, 1.165) is 46.8 Å². The summed E-state index contributed by atoms with van der Waals surface area (Å²) < 4.78 is 2.22. The third-order valence-electron chi connectivity index (χ3n) is 5.14. The van der Waals surface area contributed by atoms with Gasteiger partial charge in [0.15, 0.2) is 0 Å². The minimum Gasteiger partial charge on any atom is -0.333 e. The van der Waals surface area contributed by atoms with Crippen LogP contribution in [0, 0.1) is 0 Å². The van der Waals surface area contributed by atoms with Crippen molar-refractivity contribution in [2.75, 3.05) is 6.54 Å². The van der Waals surface area contributed by atoms with E-state index in [2.05, 4.69) is 10.6 Å². The first kappa shape index (κ1) is 17.1. The van der Waals surface area contributed by atoms with Gasteiger partial charge in [0.05, 0.1) is 23.6 Å². The fourth-order valence-corrected chi connectivity index (χ4v) is 4.04. The molecule has 1 aromatic heterocycles. The number of hydrogen-bond acceptors (Lipinski definition) is 2. The molecule has 0 spiro atoms. The third kappa shape index (κ3) is 2.99. The smallest absolute Gasteiger partial charge is 0.222 e. The van der Waals surface area contributed by atoms with Crippen molar-refractivity contribution in [3.63, 3.8) is 0 Å². The van der Waals surface area contributed by atoms with Crippen molar-refractivity contribution in [2.45, 2.75) is 38.8 Å². The number of aromatic nitrogens is 2. The molecule has 0 saturated carbocycles. The van der Waals surface area contributed by atoms with Gasteiger partial charge in [-0.05, 0) is 36.6 Å². The molecule has 1 saturated heterocycles. The SMILES string of the molecule is CCC(=O)N1CCCC1c1nc2ccccc2n1Cc1ccccc1Cl. The average Bonchev–Trinajstić information content (AvgIpc) is 3.28. The van der Waals surface area contributed by atoms with E-state index >= 15 is 0 Å². The number of benzene rings is 2. The highest BCUT2D eigenvalue weighted by Gasteiger charge is 2.33. The van der Waals surface area contributed by atoms with Gasteiger partial charge in [-0.1, -0.05) is 48.9 Å². The predicted octanol–water partition coefficient (Wildman–Crippen LogP) is 4.81. The number of fused-ring (bicyclic) bond motifs is 1. The van der Waals surface area contributed by atoms with Gasteiger partial charge in [0.2, 0.25) is 5.91 Å². The molecular weight excluding hydrogens is 346 g/mol. The van der Waals surface area contributed by atoms with Crippen LogP contribution in [0.25, 0.3) is 11.0 Å². The monoisotopic (exact) mass is 367 g/mol. The summed E-state index contributed by atoms with van der Waals surface area (Å²) in [6.45, 7) is 3.39. The largest absolute Gasteiger partial charge is 0.333 e. The van der Waals surface area contributed by atoms with Crippen LogP contribution < -0.4 is 0 Å². The predicted molar refractivity (Wildman–Crippen MR) is 104 cm³/mol. The molecule has 0 N–H and O–H groups in total. The van der Waals surface area contributed by atoms with Crippen LogP contribution in [0.4, 0.5) is 0 Å². The van der Waals surface area contributed by atoms with E-state index in [1.54, 1.807) is 0 Å². The van der Waals surface area contributed by atoms with Gasteiger partial charge in [0.25, 0.3) is 0 Å². The zero-order chi connectivity index (χ0) is 18.1. The van der Waals surface area contributed by atoms with E-state index in [9.17, 15) is 4.79 Å². The van der Waals surface area contributed by atoms with Crippen molar-refractivity contribution < 1.29 is 4.79 Å². The van der Waals surface area contributed by atoms with Crippen molar-refractivity contribution in [1.82, 2.24) is 14.5 Å². The van der Waals surface area contributed by atoms with Gasteiger partial charge in [-0.15, -0.1) is 0 Å². The number of carbonyl (C=O) groups excluding carboxylic acids is 1. The number of nitrogens with zero attached hydrogens (tertiary/aromatic N) is 3. The summed E-state index contributed by atoms with van der Waals surface area (Å²) in [4.78, 5) is 19.3. The highest BCUT2D eigenvalue weighted by molar-refractivity contribution is 6.31. The molecule has 0 bridgehead atoms. The molecule has 0 radical (unpaired) electrons. The molecule has 0 aliphatic carbocycles. The van der Waals surface area contributed by atoms with E-state index in [1.807, 2.05) is 54.3 Å². The lowest BCUT2D eigenvalue weighted by Crippen LogP contribution is -2.31. The summed E-state index contributed by atoms with van der Waals surface area (Å²) >= 11 is 6.41. The molecule has 1 amide bonds. The van der Waals surface area contributed by atoms with Gasteiger partial charge in [-0.2, -0.15) is 0 Å². The van der Waals surface area contributed by atoms with Gasteiger partial charge >= 0.3 is 0 Å². The molecule has 1 aliphatic heterocycles. The second kappa shape index (κ2) is 7.12. The van der Waals surface area contributed by atoms with E-state index < -0.39 is 0 Å². The van der Waals surface area contributed by atoms with Gasteiger partial charge in [-0.25, -0.2) is 4.98 Å². The fourth-order valence-electron chi connectivity index (χ4n) is 3.85. The first-order valence-electron chi connectivity index (χ1n) is 9.17. The molecule has 4 nitrogen and oxygen atoms in total. The maximum absolute atomic E-state index is 12.4. The number of amides is 1. The molecule has 5 heteroatoms. The highest BCUT2D eigenvalue weighted by Crippen LogP contribution is 2.34. The lowest BCUT2D eigenvalue weighted by atomic mass is 10.1. The third-order valence-corrected chi connectivity index (χ3v) is 5.51. The average molecular weight is 368 g/mol. The van der Waals surface area contributed by atoms with Crippen LogP contribution in [0.15, 0.2) is 48.5 Å². The van der Waals surface area contributed by atoms with Gasteiger partial charge in [0.1, 0.15) is 5.82 Å². The van der Waals surface area contributed by atoms with E-state index in [-0.39, 0.29) is 11.9 Å². The first-order valence-corrected chi connectivity index (χ1v) is 9.55. The van der Waals surface area contributed by atoms with Gasteiger partial charge in [0, 0.05) is 18.0 Å². The Morgan fingerprint density at radius 1 is 1.19 bits per heavy atom. The van der Waals surface area contributed by atoms with E-state index in [0.29, 0.717) is 13.0 Å². The summed E-state index contributed by atoms with van der Waals surface area (Å²) in [6, 6.07) is 16.1. The standard InChI is InChI=1S/C21H22ClN3O/c1-2-20(26)24-13-7-12-19(24)21-23-17-10-5-6-11-18(17)25(21)14-15-8-3-4-9-16(15)22/h3-6,8-11,19H,2,7,12-14H2,1H3. The van der Waals surface area contributed by atoms with Crippen LogP contribution in [0.1, 0.15) is 43.6 Å². The minimum absolute atomic E-state index is 0.0392. The Hall–Kier alpha value is -2.33. The zero-order valence-corrected chi connectivity index (χ0v) is 15.6. The van der Waals surface area contributed by atoms with Crippen LogP contribution in [0.5, 0.6) is 0 Å². The Bertz CT molecular complexity index is 949. The Kier molecular flexibility index (Phi) is 4.68. The molecule has 2 aromatic carbocycles. The number of likely N-dealkylation sites (tertiary alicyclic amines) is 1. The van der Waals surface area contributed by atoms with Crippen LogP contribution in [-0.4, -0.2) is 26.9 Å². The number of para-hydroxylation sites is 2. The van der Waals surface area contributed by atoms with Crippen molar-refractivity contribution in [3.05, 3.63) is 64.9 Å². The Morgan fingerprint density at radius 3 is 2.77 bits per heavy atom. The topological polar surface area (TPSA) is 38.1 Å². The van der Waals surface area contributed by atoms with Crippen LogP contribution in [0.3, 0.4) is 0 Å². The number of hydrogen-bond donors (Lipinski definition) is 0. The van der Waals surface area contributed by atoms with Crippen molar-refractivity contribution in [2.24, 2.45) is 0 Å². The Labute approximate surface area is 158 Å². The number of carbonyl (C=O) groups is 1. The molecule has 2 heterocycles. The maximum Gasteiger partial charge on any atom is 0.222 e. The Balaban J connectivity index is 1.82. The van der Waals surface area contributed by atoms with Crippen molar-refractivity contribution >= 4 is 28.5 Å². The normalized spacial score (nSPS) is 17.2. The summed E-state index contributed by atoms with van der Waals surface area (Å²) in [5, 5.41) is 0.754. The summed E-state index contributed by atoms with van der Waals surface area (Å²) in [5.41, 5.74) is 3.11. The molecule has 134 valence electrons. The second-order valence-electron chi connectivity index (χ2n) is 6.73. The second-order valence-corrected chi connectivity index (χ2v) is 7.14. The van der Waals surface area contributed by atoms with Crippen LogP contribution in [0.2, 0.25) is 5.02 Å². The quantitative estimate of drug-likeness (QED) is 0.663. The van der Waals surface area contributed by atoms with Gasteiger partial charge < -0.3 is 9.47 Å². The molecular formula is C21H22ClN3O. The molecule has 4 rings (SSSR count). The molecule has 26 heavy (non-hydrogen) atoms. The van der Waals surface area contributed by atoms with Crippen LogP contribution >= 0.6 is 11.6 Å². The van der Waals surface area contributed by atoms with Crippen LogP contribution in [-0.2, 0) is 11.3 Å². The molecule has 1 aliphatic rings.